The molecule has 0 heterocycles. The van der Waals surface area contributed by atoms with E-state index in [0.717, 1.165) is 0 Å². The Morgan fingerprint density at radius 3 is 2.76 bits per heavy atom. The first-order valence-electron chi connectivity index (χ1n) is 7.20. The van der Waals surface area contributed by atoms with Crippen LogP contribution in [0.25, 0.3) is 0 Å². The summed E-state index contributed by atoms with van der Waals surface area (Å²) in [5.41, 5.74) is 2.59. The van der Waals surface area contributed by atoms with Gasteiger partial charge in [0.25, 0.3) is 0 Å². The largest absolute Gasteiger partial charge is 0.395 e. The molecule has 0 aliphatic carbocycles. The summed E-state index contributed by atoms with van der Waals surface area (Å²) in [6, 6.07) is 0. The quantitative estimate of drug-likeness (QED) is 0.173. The maximum absolute atomic E-state index is 11.4. The van der Waals surface area contributed by atoms with Gasteiger partial charge in [0.05, 0.1) is 39.6 Å². The summed E-state index contributed by atoms with van der Waals surface area (Å²) in [4.78, 5) is 20.5. The number of nitrogens with zero attached hydrogens (tertiary/aromatic N) is 1. The average Bonchev–Trinajstić information content (AvgIpc) is 2.49. The Kier molecular flexibility index (Phi) is 16.1. The third-order valence-corrected chi connectivity index (χ3v) is 2.29. The molecule has 0 atom stereocenters. The summed E-state index contributed by atoms with van der Waals surface area (Å²) in [7, 11) is 0. The zero-order chi connectivity index (χ0) is 15.6. The lowest BCUT2D eigenvalue weighted by Gasteiger charge is -2.05. The molecular weight excluding hydrogens is 278 g/mol. The maximum Gasteiger partial charge on any atom is 0.220 e. The van der Waals surface area contributed by atoms with E-state index in [0.29, 0.717) is 58.7 Å². The smallest absolute Gasteiger partial charge is 0.220 e. The van der Waals surface area contributed by atoms with Gasteiger partial charge < -0.3 is 25.1 Å². The minimum atomic E-state index is -0.0127. The van der Waals surface area contributed by atoms with Gasteiger partial charge in [-0.15, -0.1) is 0 Å². The Bertz CT molecular complexity index is 264. The zero-order valence-corrected chi connectivity index (χ0v) is 12.4. The Hall–Kier alpha value is -1.06. The second-order valence-corrected chi connectivity index (χ2v) is 4.13. The van der Waals surface area contributed by atoms with E-state index in [9.17, 15) is 4.79 Å². The number of aliphatic hydroxyl groups excluding tert-OH is 2. The van der Waals surface area contributed by atoms with Crippen LogP contribution in [0.15, 0.2) is 4.99 Å². The van der Waals surface area contributed by atoms with Crippen molar-refractivity contribution in [2.24, 2.45) is 4.99 Å². The second kappa shape index (κ2) is 17.0. The van der Waals surface area contributed by atoms with Crippen molar-refractivity contribution >= 4 is 12.1 Å². The van der Waals surface area contributed by atoms with E-state index in [1.54, 1.807) is 6.21 Å². The fraction of sp³-hybridized carbons (Fsp3) is 0.846. The summed E-state index contributed by atoms with van der Waals surface area (Å²) in [5.74, 6) is -0.0127. The zero-order valence-electron chi connectivity index (χ0n) is 12.4. The maximum atomic E-state index is 11.4. The van der Waals surface area contributed by atoms with Gasteiger partial charge in [-0.3, -0.25) is 9.79 Å². The van der Waals surface area contributed by atoms with Crippen LogP contribution < -0.4 is 10.8 Å². The number of hydrogen-bond donors (Lipinski definition) is 4. The molecule has 0 saturated carbocycles. The molecule has 4 N–H and O–H groups in total. The van der Waals surface area contributed by atoms with E-state index >= 15 is 0 Å². The average molecular weight is 305 g/mol. The van der Waals surface area contributed by atoms with E-state index in [1.165, 1.54) is 0 Å². The molecule has 8 nitrogen and oxygen atoms in total. The molecule has 8 heteroatoms. The summed E-state index contributed by atoms with van der Waals surface area (Å²) in [5, 5.41) is 19.8. The molecule has 0 fully saturated rings. The van der Waals surface area contributed by atoms with E-state index < -0.39 is 0 Å². The number of amides is 1. The minimum absolute atomic E-state index is 0.0127. The number of carbonyl (C=O) groups excluding carboxylic acids is 1. The first kappa shape index (κ1) is 19.9. The molecule has 1 amide bonds. The molecule has 0 spiro atoms. The molecule has 0 rings (SSSR count). The molecule has 0 aromatic rings. The minimum Gasteiger partial charge on any atom is -0.395 e. The van der Waals surface area contributed by atoms with Crippen LogP contribution in [0.5, 0.6) is 0 Å². The summed E-state index contributed by atoms with van der Waals surface area (Å²) < 4.78 is 5.04. The van der Waals surface area contributed by atoms with Gasteiger partial charge in [-0.05, 0) is 19.1 Å². The number of nitrogens with one attached hydrogen (secondary N) is 2. The summed E-state index contributed by atoms with van der Waals surface area (Å²) in [6.07, 6.45) is 3.43. The van der Waals surface area contributed by atoms with Gasteiger partial charge >= 0.3 is 0 Å². The van der Waals surface area contributed by atoms with Crippen LogP contribution in [0.3, 0.4) is 0 Å². The molecule has 0 aliphatic rings. The topological polar surface area (TPSA) is 112 Å². The fourth-order valence-corrected chi connectivity index (χ4v) is 1.31. The van der Waals surface area contributed by atoms with Crippen molar-refractivity contribution in [2.45, 2.75) is 19.3 Å². The van der Waals surface area contributed by atoms with Crippen molar-refractivity contribution in [3.63, 3.8) is 0 Å². The lowest BCUT2D eigenvalue weighted by atomic mass is 10.3. The molecule has 0 aromatic carbocycles. The third-order valence-electron chi connectivity index (χ3n) is 2.29. The van der Waals surface area contributed by atoms with Crippen LogP contribution in [-0.2, 0) is 14.4 Å². The number of hydroxylamine groups is 1. The SMILES string of the molecule is O=C(CC/C=N/CCOCCO)NCCCONCCO. The van der Waals surface area contributed by atoms with Crippen molar-refractivity contribution in [2.75, 3.05) is 52.7 Å². The number of aliphatic hydroxyl groups is 2. The monoisotopic (exact) mass is 305 g/mol. The van der Waals surface area contributed by atoms with Crippen LogP contribution in [0.2, 0.25) is 0 Å². The molecule has 0 bridgehead atoms. The van der Waals surface area contributed by atoms with Crippen LogP contribution in [0.4, 0.5) is 0 Å². The fourth-order valence-electron chi connectivity index (χ4n) is 1.31. The molecule has 21 heavy (non-hydrogen) atoms. The Morgan fingerprint density at radius 2 is 2.00 bits per heavy atom. The Balaban J connectivity index is 3.24. The van der Waals surface area contributed by atoms with Crippen molar-refractivity contribution in [3.05, 3.63) is 0 Å². The Morgan fingerprint density at radius 1 is 1.14 bits per heavy atom. The van der Waals surface area contributed by atoms with Crippen LogP contribution in [-0.4, -0.2) is 75.0 Å². The van der Waals surface area contributed by atoms with Gasteiger partial charge in [0.1, 0.15) is 0 Å². The number of aliphatic imine (C=N–C) groups is 1. The molecule has 0 aromatic heterocycles. The van der Waals surface area contributed by atoms with E-state index in [-0.39, 0.29) is 19.1 Å². The third kappa shape index (κ3) is 16.9. The molecule has 0 radical (unpaired) electrons. The van der Waals surface area contributed by atoms with Gasteiger partial charge in [-0.2, -0.15) is 0 Å². The van der Waals surface area contributed by atoms with E-state index in [1.807, 2.05) is 0 Å². The normalized spacial score (nSPS) is 11.1. The molecule has 0 unspecified atom stereocenters. The van der Waals surface area contributed by atoms with Gasteiger partial charge in [0, 0.05) is 19.5 Å². The van der Waals surface area contributed by atoms with E-state index in [2.05, 4.69) is 15.8 Å². The second-order valence-electron chi connectivity index (χ2n) is 4.13. The van der Waals surface area contributed by atoms with E-state index in [4.69, 9.17) is 19.8 Å². The van der Waals surface area contributed by atoms with Crippen molar-refractivity contribution in [1.29, 1.82) is 0 Å². The van der Waals surface area contributed by atoms with Crippen molar-refractivity contribution < 1.29 is 24.6 Å². The number of hydrogen-bond acceptors (Lipinski definition) is 7. The predicted octanol–water partition coefficient (Wildman–Crippen LogP) is -1.13. The van der Waals surface area contributed by atoms with Gasteiger partial charge in [0.15, 0.2) is 0 Å². The number of carbonyl (C=O) groups is 1. The van der Waals surface area contributed by atoms with Crippen LogP contribution in [0, 0.1) is 0 Å². The highest BCUT2D eigenvalue weighted by atomic mass is 16.6. The van der Waals surface area contributed by atoms with Crippen LogP contribution in [0.1, 0.15) is 19.3 Å². The first-order valence-corrected chi connectivity index (χ1v) is 7.20. The van der Waals surface area contributed by atoms with Gasteiger partial charge in [0.2, 0.25) is 5.91 Å². The predicted molar refractivity (Wildman–Crippen MR) is 79.2 cm³/mol. The van der Waals surface area contributed by atoms with Crippen LogP contribution >= 0.6 is 0 Å². The van der Waals surface area contributed by atoms with Gasteiger partial charge in [-0.25, -0.2) is 5.48 Å². The lowest BCUT2D eigenvalue weighted by molar-refractivity contribution is -0.121. The first-order chi connectivity index (χ1) is 10.3. The molecule has 0 saturated heterocycles. The standard InChI is InChI=1S/C13H27N3O5/c17-8-6-16-21-10-2-5-15-13(19)3-1-4-14-7-11-20-12-9-18/h4,16-18H,1-3,5-12H2,(H,15,19)/b14-4+. The molecule has 0 aliphatic heterocycles. The number of rotatable bonds is 15. The van der Waals surface area contributed by atoms with Gasteiger partial charge in [-0.1, -0.05) is 0 Å². The Labute approximate surface area is 125 Å². The number of ether oxygens (including phenoxy) is 1. The lowest BCUT2D eigenvalue weighted by Crippen LogP contribution is -2.26. The van der Waals surface area contributed by atoms with Crippen molar-refractivity contribution in [1.82, 2.24) is 10.8 Å². The summed E-state index contributed by atoms with van der Waals surface area (Å²) >= 11 is 0. The highest BCUT2D eigenvalue weighted by Gasteiger charge is 1.98. The summed E-state index contributed by atoms with van der Waals surface area (Å²) in [6.45, 7) is 2.85. The molecular formula is C13H27N3O5. The van der Waals surface area contributed by atoms with Crippen molar-refractivity contribution in [3.8, 4) is 0 Å². The highest BCUT2D eigenvalue weighted by Crippen LogP contribution is 1.87. The molecule has 124 valence electrons. The highest BCUT2D eigenvalue weighted by molar-refractivity contribution is 5.78.